The van der Waals surface area contributed by atoms with Crippen LogP contribution in [0.4, 0.5) is 0 Å². The molecule has 5 rings (SSSR count). The van der Waals surface area contributed by atoms with Crippen LogP contribution in [0.1, 0.15) is 12.5 Å². The summed E-state index contributed by atoms with van der Waals surface area (Å²) < 4.78 is 8.33. The average Bonchev–Trinajstić information content (AvgIpc) is 3.36. The van der Waals surface area contributed by atoms with Crippen molar-refractivity contribution < 1.29 is 4.74 Å². The standard InChI is InChI=1S/C22H18N4OS/c1-3-14-4-10-18-21(12-14)28-22(23-18)15-5-7-16(8-6-15)26-20-11-9-17(27-2)13-19(20)24-25-26/h4-13H,3H2,1-2H3. The maximum Gasteiger partial charge on any atom is 0.124 e. The molecule has 0 aliphatic heterocycles. The van der Waals surface area contributed by atoms with Gasteiger partial charge in [0, 0.05) is 11.6 Å². The van der Waals surface area contributed by atoms with Gasteiger partial charge in [-0.25, -0.2) is 9.67 Å². The van der Waals surface area contributed by atoms with Crippen LogP contribution in [-0.2, 0) is 6.42 Å². The van der Waals surface area contributed by atoms with Gasteiger partial charge in [-0.2, -0.15) is 0 Å². The molecule has 0 aliphatic carbocycles. The molecule has 28 heavy (non-hydrogen) atoms. The number of aromatic nitrogens is 4. The molecule has 0 spiro atoms. The second-order valence-electron chi connectivity index (χ2n) is 6.58. The molecular formula is C22H18N4OS. The maximum absolute atomic E-state index is 5.26. The molecule has 0 unspecified atom stereocenters. The van der Waals surface area contributed by atoms with Gasteiger partial charge in [-0.05, 0) is 60.5 Å². The van der Waals surface area contributed by atoms with E-state index < -0.39 is 0 Å². The van der Waals surface area contributed by atoms with Crippen molar-refractivity contribution in [3.8, 4) is 22.0 Å². The van der Waals surface area contributed by atoms with Gasteiger partial charge in [0.25, 0.3) is 0 Å². The Morgan fingerprint density at radius 2 is 1.82 bits per heavy atom. The zero-order valence-corrected chi connectivity index (χ0v) is 16.4. The summed E-state index contributed by atoms with van der Waals surface area (Å²) in [5.74, 6) is 0.775. The van der Waals surface area contributed by atoms with Crippen LogP contribution >= 0.6 is 11.3 Å². The molecule has 0 saturated heterocycles. The molecule has 2 aromatic heterocycles. The molecule has 6 heteroatoms. The Bertz CT molecular complexity index is 1290. The monoisotopic (exact) mass is 386 g/mol. The normalized spacial score (nSPS) is 11.4. The first kappa shape index (κ1) is 16.9. The fourth-order valence-corrected chi connectivity index (χ4v) is 4.31. The third-order valence-corrected chi connectivity index (χ3v) is 5.94. The Kier molecular flexibility index (Phi) is 4.06. The van der Waals surface area contributed by atoms with Gasteiger partial charge in [-0.3, -0.25) is 0 Å². The number of rotatable bonds is 4. The van der Waals surface area contributed by atoms with Crippen LogP contribution in [0.25, 0.3) is 37.5 Å². The van der Waals surface area contributed by atoms with Crippen molar-refractivity contribution in [2.75, 3.05) is 7.11 Å². The molecule has 3 aromatic carbocycles. The minimum absolute atomic E-state index is 0.775. The summed E-state index contributed by atoms with van der Waals surface area (Å²) in [6, 6.07) is 20.6. The minimum Gasteiger partial charge on any atom is -0.497 e. The summed E-state index contributed by atoms with van der Waals surface area (Å²) in [6.45, 7) is 2.17. The summed E-state index contributed by atoms with van der Waals surface area (Å²) in [6.07, 6.45) is 1.04. The Hall–Kier alpha value is -3.25. The van der Waals surface area contributed by atoms with E-state index in [0.717, 1.165) is 45.0 Å². The van der Waals surface area contributed by atoms with Crippen molar-refractivity contribution in [1.29, 1.82) is 0 Å². The number of nitrogens with zero attached hydrogens (tertiary/aromatic N) is 4. The van der Waals surface area contributed by atoms with Crippen molar-refractivity contribution in [2.45, 2.75) is 13.3 Å². The zero-order chi connectivity index (χ0) is 19.1. The van der Waals surface area contributed by atoms with Crippen molar-refractivity contribution in [2.24, 2.45) is 0 Å². The van der Waals surface area contributed by atoms with Gasteiger partial charge in [-0.1, -0.05) is 18.2 Å². The molecule has 2 heterocycles. The lowest BCUT2D eigenvalue weighted by Gasteiger charge is -2.04. The predicted octanol–water partition coefficient (Wildman–Crippen LogP) is 5.27. The Balaban J connectivity index is 1.51. The molecule has 0 amide bonds. The topological polar surface area (TPSA) is 52.8 Å². The van der Waals surface area contributed by atoms with Crippen molar-refractivity contribution in [1.82, 2.24) is 20.0 Å². The van der Waals surface area contributed by atoms with Gasteiger partial charge in [0.15, 0.2) is 0 Å². The van der Waals surface area contributed by atoms with Crippen molar-refractivity contribution in [3.63, 3.8) is 0 Å². The molecule has 0 atom stereocenters. The van der Waals surface area contributed by atoms with Crippen LogP contribution in [0.2, 0.25) is 0 Å². The van der Waals surface area contributed by atoms with Gasteiger partial charge < -0.3 is 4.74 Å². The maximum atomic E-state index is 5.26. The summed E-state index contributed by atoms with van der Waals surface area (Å²) >= 11 is 1.73. The lowest BCUT2D eigenvalue weighted by Crippen LogP contribution is -1.96. The summed E-state index contributed by atoms with van der Waals surface area (Å²) in [5.41, 5.74) is 6.21. The van der Waals surface area contributed by atoms with Crippen LogP contribution in [0, 0.1) is 0 Å². The average molecular weight is 386 g/mol. The van der Waals surface area contributed by atoms with Gasteiger partial charge in [0.2, 0.25) is 0 Å². The molecule has 0 aliphatic rings. The second kappa shape index (κ2) is 6.73. The Morgan fingerprint density at radius 1 is 0.964 bits per heavy atom. The fraction of sp³-hybridized carbons (Fsp3) is 0.136. The minimum atomic E-state index is 0.775. The largest absolute Gasteiger partial charge is 0.497 e. The van der Waals surface area contributed by atoms with Crippen LogP contribution in [0.5, 0.6) is 5.75 Å². The summed E-state index contributed by atoms with van der Waals surface area (Å²) in [7, 11) is 1.65. The van der Waals surface area contributed by atoms with Crippen molar-refractivity contribution in [3.05, 3.63) is 66.2 Å². The number of hydrogen-bond acceptors (Lipinski definition) is 5. The smallest absolute Gasteiger partial charge is 0.124 e. The summed E-state index contributed by atoms with van der Waals surface area (Å²) in [4.78, 5) is 4.79. The number of fused-ring (bicyclic) bond motifs is 2. The lowest BCUT2D eigenvalue weighted by atomic mass is 10.2. The number of aryl methyl sites for hydroxylation is 1. The zero-order valence-electron chi connectivity index (χ0n) is 15.6. The predicted molar refractivity (Wildman–Crippen MR) is 113 cm³/mol. The molecule has 0 fully saturated rings. The highest BCUT2D eigenvalue weighted by Gasteiger charge is 2.10. The van der Waals surface area contributed by atoms with Crippen LogP contribution in [0.3, 0.4) is 0 Å². The van der Waals surface area contributed by atoms with Crippen LogP contribution < -0.4 is 4.74 Å². The van der Waals surface area contributed by atoms with E-state index >= 15 is 0 Å². The molecule has 138 valence electrons. The third kappa shape index (κ3) is 2.82. The Morgan fingerprint density at radius 3 is 2.61 bits per heavy atom. The van der Waals surface area contributed by atoms with Crippen LogP contribution in [0.15, 0.2) is 60.7 Å². The highest BCUT2D eigenvalue weighted by molar-refractivity contribution is 7.21. The van der Waals surface area contributed by atoms with Crippen molar-refractivity contribution >= 4 is 32.6 Å². The van der Waals surface area contributed by atoms with E-state index in [9.17, 15) is 0 Å². The molecule has 5 aromatic rings. The van der Waals surface area contributed by atoms with E-state index in [4.69, 9.17) is 9.72 Å². The van der Waals surface area contributed by atoms with Crippen LogP contribution in [-0.4, -0.2) is 27.1 Å². The Labute approximate surface area is 166 Å². The highest BCUT2D eigenvalue weighted by Crippen LogP contribution is 2.31. The molecule has 0 saturated carbocycles. The van der Waals surface area contributed by atoms with E-state index in [0.29, 0.717) is 0 Å². The fourth-order valence-electron chi connectivity index (χ4n) is 3.28. The van der Waals surface area contributed by atoms with E-state index in [-0.39, 0.29) is 0 Å². The molecule has 0 bridgehead atoms. The van der Waals surface area contributed by atoms with E-state index in [1.807, 2.05) is 22.9 Å². The van der Waals surface area contributed by atoms with Gasteiger partial charge in [0.1, 0.15) is 16.3 Å². The first-order chi connectivity index (χ1) is 13.7. The molecule has 5 nitrogen and oxygen atoms in total. The lowest BCUT2D eigenvalue weighted by molar-refractivity contribution is 0.415. The number of hydrogen-bond donors (Lipinski definition) is 0. The summed E-state index contributed by atoms with van der Waals surface area (Å²) in [5, 5.41) is 9.58. The molecular weight excluding hydrogens is 368 g/mol. The quantitative estimate of drug-likeness (QED) is 0.422. The number of methoxy groups -OCH3 is 1. The first-order valence-corrected chi connectivity index (χ1v) is 9.96. The highest BCUT2D eigenvalue weighted by atomic mass is 32.1. The second-order valence-corrected chi connectivity index (χ2v) is 7.61. The number of benzene rings is 3. The first-order valence-electron chi connectivity index (χ1n) is 9.15. The number of thiazole rings is 1. The van der Waals surface area contributed by atoms with E-state index in [1.54, 1.807) is 18.4 Å². The number of ether oxygens (including phenoxy) is 1. The van der Waals surface area contributed by atoms with Gasteiger partial charge in [0.05, 0.1) is 28.5 Å². The van der Waals surface area contributed by atoms with E-state index in [1.165, 1.54) is 10.3 Å². The molecule has 0 N–H and O–H groups in total. The third-order valence-electron chi connectivity index (χ3n) is 4.87. The van der Waals surface area contributed by atoms with E-state index in [2.05, 4.69) is 59.7 Å². The van der Waals surface area contributed by atoms with Gasteiger partial charge in [-0.15, -0.1) is 16.4 Å². The van der Waals surface area contributed by atoms with Gasteiger partial charge >= 0.3 is 0 Å². The SMILES string of the molecule is CCc1ccc2nc(-c3ccc(-n4nnc5cc(OC)ccc54)cc3)sc2c1. The molecule has 0 radical (unpaired) electrons.